The normalized spacial score (nSPS) is 42.3. The van der Waals surface area contributed by atoms with Gasteiger partial charge in [-0.15, -0.1) is 0 Å². The van der Waals surface area contributed by atoms with Crippen LogP contribution in [0.5, 0.6) is 0 Å². The number of Topliss-reactive ketones (excluding diaryl/α,β-unsaturated/α-hetero) is 1. The number of ether oxygens (including phenoxy) is 1. The third kappa shape index (κ3) is 2.83. The predicted octanol–water partition coefficient (Wildman–Crippen LogP) is 4.19. The highest BCUT2D eigenvalue weighted by atomic mass is 16.5. The molecule has 0 aromatic carbocycles. The van der Waals surface area contributed by atoms with Crippen LogP contribution in [0.25, 0.3) is 0 Å². The molecule has 0 heterocycles. The number of allylic oxidation sites excluding steroid dienone is 2. The van der Waals surface area contributed by atoms with Crippen molar-refractivity contribution in [2.24, 2.45) is 28.6 Å². The highest BCUT2D eigenvalue weighted by Gasteiger charge is 2.60. The summed E-state index contributed by atoms with van der Waals surface area (Å²) in [6.07, 6.45) is 9.96. The molecule has 0 radical (unpaired) electrons. The second kappa shape index (κ2) is 6.42. The van der Waals surface area contributed by atoms with E-state index >= 15 is 0 Å². The van der Waals surface area contributed by atoms with Crippen LogP contribution in [0, 0.1) is 28.6 Å². The Morgan fingerprint density at radius 3 is 2.70 bits per heavy atom. The Morgan fingerprint density at radius 2 is 1.96 bits per heavy atom. The summed E-state index contributed by atoms with van der Waals surface area (Å²) < 4.78 is 5.12. The fourth-order valence-corrected chi connectivity index (χ4v) is 6.83. The second-order valence-electron chi connectivity index (χ2n) is 9.47. The van der Waals surface area contributed by atoms with Crippen molar-refractivity contribution in [1.82, 2.24) is 0 Å². The van der Waals surface area contributed by atoms with Crippen LogP contribution in [0.2, 0.25) is 0 Å². The highest BCUT2D eigenvalue weighted by molar-refractivity contribution is 5.93. The molecule has 0 unspecified atom stereocenters. The molecule has 5 atom stereocenters. The molecule has 3 fully saturated rings. The van der Waals surface area contributed by atoms with E-state index in [-0.39, 0.29) is 28.5 Å². The molecule has 4 rings (SSSR count). The van der Waals surface area contributed by atoms with E-state index in [4.69, 9.17) is 4.74 Å². The number of rotatable bonds is 2. The van der Waals surface area contributed by atoms with Crippen LogP contribution in [-0.2, 0) is 19.1 Å². The molecule has 0 saturated heterocycles. The van der Waals surface area contributed by atoms with E-state index in [9.17, 15) is 14.4 Å². The average Bonchev–Trinajstić information content (AvgIpc) is 2.91. The molecule has 27 heavy (non-hydrogen) atoms. The van der Waals surface area contributed by atoms with Crippen LogP contribution in [0.15, 0.2) is 23.3 Å². The molecular weight excluding hydrogens is 340 g/mol. The molecular formula is C23H30O4. The Kier molecular flexibility index (Phi) is 4.44. The van der Waals surface area contributed by atoms with Crippen molar-refractivity contribution >= 4 is 17.5 Å². The summed E-state index contributed by atoms with van der Waals surface area (Å²) in [5.41, 5.74) is 2.30. The van der Waals surface area contributed by atoms with E-state index < -0.39 is 0 Å². The molecule has 4 nitrogen and oxygen atoms in total. The Bertz CT molecular complexity index is 760. The van der Waals surface area contributed by atoms with Crippen LogP contribution in [0.1, 0.15) is 65.7 Å². The van der Waals surface area contributed by atoms with E-state index in [2.05, 4.69) is 13.8 Å². The second-order valence-corrected chi connectivity index (χ2v) is 9.47. The molecule has 0 amide bonds. The largest absolute Gasteiger partial charge is 0.462 e. The summed E-state index contributed by atoms with van der Waals surface area (Å²) in [5, 5.41) is 0. The molecule has 0 aromatic rings. The van der Waals surface area contributed by atoms with E-state index in [1.165, 1.54) is 18.1 Å². The van der Waals surface area contributed by atoms with E-state index in [1.54, 1.807) is 0 Å². The summed E-state index contributed by atoms with van der Waals surface area (Å²) in [7, 11) is 0. The monoisotopic (exact) mass is 370 g/mol. The summed E-state index contributed by atoms with van der Waals surface area (Å²) in [6.45, 7) is 6.21. The average molecular weight is 370 g/mol. The van der Waals surface area contributed by atoms with Crippen LogP contribution in [0.3, 0.4) is 0 Å². The summed E-state index contributed by atoms with van der Waals surface area (Å²) >= 11 is 0. The predicted molar refractivity (Wildman–Crippen MR) is 102 cm³/mol. The van der Waals surface area contributed by atoms with Gasteiger partial charge < -0.3 is 4.74 Å². The van der Waals surface area contributed by atoms with Gasteiger partial charge in [0.15, 0.2) is 5.78 Å². The van der Waals surface area contributed by atoms with Gasteiger partial charge in [-0.25, -0.2) is 0 Å². The maximum absolute atomic E-state index is 13.4. The standard InChI is InChI=1S/C23H30O4/c1-14(24)27-11-9-15-5-7-19-18-6-4-16-12-17(25)8-10-22(16,2)21(18)20(26)13-23(15,19)3/h9,12,18-19,21H,4-8,10-11,13H2,1-3H3/b15-9+/t18-,19-,21+,22+,23-/m1/s1. The van der Waals surface area contributed by atoms with Gasteiger partial charge in [0.1, 0.15) is 12.4 Å². The molecule has 146 valence electrons. The number of hydrogen-bond donors (Lipinski definition) is 0. The maximum Gasteiger partial charge on any atom is 0.302 e. The van der Waals surface area contributed by atoms with E-state index in [0.29, 0.717) is 37.1 Å². The number of fused-ring (bicyclic) bond motifs is 5. The molecule has 3 saturated carbocycles. The third-order valence-electron chi connectivity index (χ3n) is 8.12. The third-order valence-corrected chi connectivity index (χ3v) is 8.12. The van der Waals surface area contributed by atoms with Crippen LogP contribution in [0.4, 0.5) is 0 Å². The van der Waals surface area contributed by atoms with Crippen molar-refractivity contribution in [2.75, 3.05) is 6.61 Å². The zero-order chi connectivity index (χ0) is 19.4. The number of carbonyl (C=O) groups excluding carboxylic acids is 3. The first-order chi connectivity index (χ1) is 12.8. The number of esters is 1. The quantitative estimate of drug-likeness (QED) is 0.540. The summed E-state index contributed by atoms with van der Waals surface area (Å²) in [6, 6.07) is 0. The minimum atomic E-state index is -0.266. The lowest BCUT2D eigenvalue weighted by Crippen LogP contribution is -2.54. The zero-order valence-electron chi connectivity index (χ0n) is 16.7. The van der Waals surface area contributed by atoms with Gasteiger partial charge in [-0.2, -0.15) is 0 Å². The highest BCUT2D eigenvalue weighted by Crippen LogP contribution is 2.65. The van der Waals surface area contributed by atoms with Crippen molar-refractivity contribution in [1.29, 1.82) is 0 Å². The molecule has 4 aliphatic carbocycles. The first kappa shape index (κ1) is 18.6. The van der Waals surface area contributed by atoms with Crippen LogP contribution >= 0.6 is 0 Å². The van der Waals surface area contributed by atoms with Gasteiger partial charge in [0.25, 0.3) is 0 Å². The zero-order valence-corrected chi connectivity index (χ0v) is 16.7. The maximum atomic E-state index is 13.4. The SMILES string of the molecule is CC(=O)OC/C=C1\CC[C@@H]2[C@H]3CCC4=CC(=O)CC[C@]4(C)[C@@H]3C(=O)C[C@]12C. The van der Waals surface area contributed by atoms with Gasteiger partial charge in [-0.3, -0.25) is 14.4 Å². The summed E-state index contributed by atoms with van der Waals surface area (Å²) in [5.74, 6) is 1.33. The van der Waals surface area contributed by atoms with Crippen molar-refractivity contribution in [3.05, 3.63) is 23.3 Å². The van der Waals surface area contributed by atoms with Crippen molar-refractivity contribution < 1.29 is 19.1 Å². The van der Waals surface area contributed by atoms with Gasteiger partial charge in [0.2, 0.25) is 0 Å². The Balaban J connectivity index is 1.64. The first-order valence-electron chi connectivity index (χ1n) is 10.3. The lowest BCUT2D eigenvalue weighted by molar-refractivity contribution is -0.143. The fourth-order valence-electron chi connectivity index (χ4n) is 6.83. The Morgan fingerprint density at radius 1 is 1.19 bits per heavy atom. The molecule has 0 bridgehead atoms. The van der Waals surface area contributed by atoms with Crippen molar-refractivity contribution in [3.63, 3.8) is 0 Å². The number of ketones is 2. The van der Waals surface area contributed by atoms with Gasteiger partial charge in [-0.1, -0.05) is 25.0 Å². The van der Waals surface area contributed by atoms with Gasteiger partial charge >= 0.3 is 5.97 Å². The van der Waals surface area contributed by atoms with Gasteiger partial charge in [0.05, 0.1) is 0 Å². The fraction of sp³-hybridized carbons (Fsp3) is 0.696. The minimum absolute atomic E-state index is 0.0662. The Labute approximate surface area is 161 Å². The van der Waals surface area contributed by atoms with Gasteiger partial charge in [0, 0.05) is 25.7 Å². The molecule has 4 aliphatic rings. The number of hydrogen-bond acceptors (Lipinski definition) is 4. The van der Waals surface area contributed by atoms with Gasteiger partial charge in [-0.05, 0) is 66.9 Å². The Hall–Kier alpha value is -1.71. The van der Waals surface area contributed by atoms with Crippen LogP contribution in [-0.4, -0.2) is 24.1 Å². The summed E-state index contributed by atoms with van der Waals surface area (Å²) in [4.78, 5) is 36.4. The molecule has 0 aromatic heterocycles. The van der Waals surface area contributed by atoms with Crippen molar-refractivity contribution in [2.45, 2.75) is 65.7 Å². The molecule has 0 N–H and O–H groups in total. The molecule has 0 aliphatic heterocycles. The van der Waals surface area contributed by atoms with E-state index in [0.717, 1.165) is 32.1 Å². The lowest BCUT2D eigenvalue weighted by atomic mass is 9.47. The molecule has 4 heteroatoms. The van der Waals surface area contributed by atoms with E-state index in [1.807, 2.05) is 12.2 Å². The smallest absolute Gasteiger partial charge is 0.302 e. The lowest BCUT2D eigenvalue weighted by Gasteiger charge is -2.56. The first-order valence-corrected chi connectivity index (χ1v) is 10.3. The molecule has 0 spiro atoms. The van der Waals surface area contributed by atoms with Crippen molar-refractivity contribution in [3.8, 4) is 0 Å². The topological polar surface area (TPSA) is 60.4 Å². The minimum Gasteiger partial charge on any atom is -0.462 e. The van der Waals surface area contributed by atoms with Crippen LogP contribution < -0.4 is 0 Å². The number of carbonyl (C=O) groups is 3.